The smallest absolute Gasteiger partial charge is 0.326 e. The van der Waals surface area contributed by atoms with Crippen molar-refractivity contribution in [3.05, 3.63) is 35.9 Å². The molecule has 1 aromatic rings. The Balaban J connectivity index is 2.28. The van der Waals surface area contributed by atoms with Crippen LogP contribution in [0, 0.1) is 0 Å². The van der Waals surface area contributed by atoms with E-state index in [-0.39, 0.29) is 45.2 Å². The molecule has 338 valence electrons. The normalized spacial score (nSPS) is 16.9. The molecule has 61 heavy (non-hydrogen) atoms. The Kier molecular flexibility index (Phi) is 21.2. The largest absolute Gasteiger partial charge is 0.481 e. The van der Waals surface area contributed by atoms with E-state index in [0.717, 1.165) is 17.4 Å². The first-order chi connectivity index (χ1) is 28.7. The minimum absolute atomic E-state index is 0.0156. The molecular weight excluding hydrogens is 804 g/mol. The standard InChI is InChI=1S/C38H58N10O13/c1-20(49)31(36(58)45-25(38(60)61)10-5-6-16-39)47-34(56)26(19-29(42)51)46-33(55)23(13-15-30(52)53)43-35(57)27-11-7-17-48(27)37(59)24(12-14-28(41)50)44-32(54)22(40)18-21-8-3-2-4-9-21/h2-4,8-9,20,22-27,31,49H,5-7,10-19,39-40H2,1H3,(H2,41,50)(H2,42,51)(H,43,57)(H,44,54)(H,45,58)(H,46,55)(H,47,56)(H,52,53)(H,60,61). The molecule has 8 unspecified atom stereocenters. The Labute approximate surface area is 351 Å². The second kappa shape index (κ2) is 25.4. The zero-order valence-corrected chi connectivity index (χ0v) is 33.9. The first-order valence-corrected chi connectivity index (χ1v) is 19.8. The number of amides is 8. The number of likely N-dealkylation sites (tertiary alicyclic amines) is 1. The van der Waals surface area contributed by atoms with Crippen LogP contribution in [0.4, 0.5) is 0 Å². The second-order valence-electron chi connectivity index (χ2n) is 14.7. The molecule has 0 bridgehead atoms. The number of hydrogen-bond donors (Lipinski definition) is 12. The Morgan fingerprint density at radius 3 is 1.92 bits per heavy atom. The molecule has 16 N–H and O–H groups in total. The van der Waals surface area contributed by atoms with Crippen LogP contribution in [0.1, 0.15) is 76.7 Å². The van der Waals surface area contributed by atoms with Gasteiger partial charge in [-0.2, -0.15) is 0 Å². The van der Waals surface area contributed by atoms with Crippen molar-refractivity contribution in [3.63, 3.8) is 0 Å². The number of aliphatic hydroxyl groups is 1. The molecular formula is C38H58N10O13. The lowest BCUT2D eigenvalue weighted by molar-refractivity contribution is -0.143. The van der Waals surface area contributed by atoms with E-state index in [1.165, 1.54) is 0 Å². The highest BCUT2D eigenvalue weighted by Gasteiger charge is 2.40. The van der Waals surface area contributed by atoms with Crippen molar-refractivity contribution in [2.75, 3.05) is 13.1 Å². The van der Waals surface area contributed by atoms with E-state index in [4.69, 9.17) is 22.9 Å². The number of carboxylic acid groups (broad SMARTS) is 2. The first kappa shape index (κ1) is 50.9. The van der Waals surface area contributed by atoms with Gasteiger partial charge in [0, 0.05) is 19.4 Å². The van der Waals surface area contributed by atoms with Crippen LogP contribution >= 0.6 is 0 Å². The molecule has 1 heterocycles. The Hall–Kier alpha value is -6.20. The van der Waals surface area contributed by atoms with E-state index in [9.17, 15) is 63.3 Å². The van der Waals surface area contributed by atoms with Gasteiger partial charge in [-0.1, -0.05) is 30.3 Å². The zero-order valence-electron chi connectivity index (χ0n) is 33.9. The van der Waals surface area contributed by atoms with Gasteiger partial charge in [0.1, 0.15) is 36.3 Å². The Morgan fingerprint density at radius 1 is 0.738 bits per heavy atom. The SMILES string of the molecule is CC(O)C(NC(=O)C(CC(N)=O)NC(=O)C(CCC(=O)O)NC(=O)C1CCCN1C(=O)C(CCC(N)=O)NC(=O)C(N)Cc1ccccc1)C(=O)NC(CCCCN)C(=O)O. The number of primary amides is 2. The number of aliphatic carboxylic acids is 2. The van der Waals surface area contributed by atoms with E-state index < -0.39 is 127 Å². The molecule has 1 aromatic carbocycles. The van der Waals surface area contributed by atoms with Crippen LogP contribution in [0.25, 0.3) is 0 Å². The summed E-state index contributed by atoms with van der Waals surface area (Å²) in [5.41, 5.74) is 23.0. The lowest BCUT2D eigenvalue weighted by Gasteiger charge is -2.30. The van der Waals surface area contributed by atoms with Gasteiger partial charge in [-0.05, 0) is 70.4 Å². The average Bonchev–Trinajstić information content (AvgIpc) is 3.69. The number of rotatable bonds is 27. The number of nitrogens with zero attached hydrogens (tertiary/aromatic N) is 1. The number of carbonyl (C=O) groups excluding carboxylic acids is 8. The fourth-order valence-corrected chi connectivity index (χ4v) is 6.44. The van der Waals surface area contributed by atoms with Crippen LogP contribution in [0.5, 0.6) is 0 Å². The minimum atomic E-state index is -1.85. The molecule has 0 aliphatic carbocycles. The molecule has 1 aliphatic rings. The quantitative estimate of drug-likeness (QED) is 0.0372. The molecule has 1 aliphatic heterocycles. The number of benzene rings is 1. The summed E-state index contributed by atoms with van der Waals surface area (Å²) < 4.78 is 0. The molecule has 2 rings (SSSR count). The van der Waals surface area contributed by atoms with Crippen LogP contribution in [0.2, 0.25) is 0 Å². The summed E-state index contributed by atoms with van der Waals surface area (Å²) in [5, 5.41) is 40.8. The first-order valence-electron chi connectivity index (χ1n) is 19.8. The van der Waals surface area contributed by atoms with Crippen molar-refractivity contribution < 1.29 is 63.3 Å². The van der Waals surface area contributed by atoms with Gasteiger partial charge in [0.15, 0.2) is 0 Å². The monoisotopic (exact) mass is 862 g/mol. The van der Waals surface area contributed by atoms with E-state index in [1.54, 1.807) is 30.3 Å². The highest BCUT2D eigenvalue weighted by Crippen LogP contribution is 2.21. The van der Waals surface area contributed by atoms with Gasteiger partial charge in [0.25, 0.3) is 0 Å². The summed E-state index contributed by atoms with van der Waals surface area (Å²) in [6, 6.07) is -1.61. The second-order valence-corrected chi connectivity index (χ2v) is 14.7. The number of unbranched alkanes of at least 4 members (excludes halogenated alkanes) is 1. The Bertz CT molecular complexity index is 1730. The van der Waals surface area contributed by atoms with Gasteiger partial charge in [-0.15, -0.1) is 0 Å². The topological polar surface area (TPSA) is 399 Å². The van der Waals surface area contributed by atoms with Gasteiger partial charge >= 0.3 is 11.9 Å². The van der Waals surface area contributed by atoms with Gasteiger partial charge in [-0.3, -0.25) is 43.2 Å². The van der Waals surface area contributed by atoms with Crippen molar-refractivity contribution in [2.45, 2.75) is 126 Å². The molecule has 8 atom stereocenters. The number of carboxylic acids is 2. The Morgan fingerprint density at radius 2 is 1.34 bits per heavy atom. The summed E-state index contributed by atoms with van der Waals surface area (Å²) in [4.78, 5) is 129. The van der Waals surface area contributed by atoms with Gasteiger partial charge in [-0.25, -0.2) is 4.79 Å². The minimum Gasteiger partial charge on any atom is -0.481 e. The van der Waals surface area contributed by atoms with Crippen molar-refractivity contribution in [3.8, 4) is 0 Å². The molecule has 1 saturated heterocycles. The number of hydrogen-bond acceptors (Lipinski definition) is 13. The molecule has 0 spiro atoms. The predicted octanol–water partition coefficient (Wildman–Crippen LogP) is -4.43. The van der Waals surface area contributed by atoms with Crippen LogP contribution in [-0.4, -0.2) is 141 Å². The highest BCUT2D eigenvalue weighted by atomic mass is 16.4. The number of carbonyl (C=O) groups is 10. The summed E-state index contributed by atoms with van der Waals surface area (Å²) in [7, 11) is 0. The summed E-state index contributed by atoms with van der Waals surface area (Å²) >= 11 is 0. The highest BCUT2D eigenvalue weighted by molar-refractivity contribution is 5.98. The van der Waals surface area contributed by atoms with Crippen LogP contribution < -0.4 is 49.5 Å². The summed E-state index contributed by atoms with van der Waals surface area (Å²) in [5.74, 6) is -10.6. The summed E-state index contributed by atoms with van der Waals surface area (Å²) in [6.07, 6.45) is -3.01. The fourth-order valence-electron chi connectivity index (χ4n) is 6.44. The lowest BCUT2D eigenvalue weighted by Crippen LogP contribution is -2.61. The third kappa shape index (κ3) is 17.5. The predicted molar refractivity (Wildman–Crippen MR) is 214 cm³/mol. The maximum absolute atomic E-state index is 13.9. The van der Waals surface area contributed by atoms with Crippen molar-refractivity contribution in [1.29, 1.82) is 0 Å². The summed E-state index contributed by atoms with van der Waals surface area (Å²) in [6.45, 7) is 1.40. The van der Waals surface area contributed by atoms with Crippen LogP contribution in [-0.2, 0) is 54.4 Å². The van der Waals surface area contributed by atoms with Crippen molar-refractivity contribution in [2.24, 2.45) is 22.9 Å². The van der Waals surface area contributed by atoms with E-state index in [1.807, 2.05) is 0 Å². The van der Waals surface area contributed by atoms with Crippen molar-refractivity contribution >= 4 is 59.2 Å². The van der Waals surface area contributed by atoms with Crippen LogP contribution in [0.3, 0.4) is 0 Å². The van der Waals surface area contributed by atoms with E-state index in [2.05, 4.69) is 26.6 Å². The molecule has 0 radical (unpaired) electrons. The van der Waals surface area contributed by atoms with Gasteiger partial charge in [0.2, 0.25) is 47.3 Å². The van der Waals surface area contributed by atoms with E-state index in [0.29, 0.717) is 19.3 Å². The van der Waals surface area contributed by atoms with Crippen molar-refractivity contribution in [1.82, 2.24) is 31.5 Å². The number of aliphatic hydroxyl groups excluding tert-OH is 1. The molecule has 23 heteroatoms. The number of nitrogens with one attached hydrogen (secondary N) is 5. The number of nitrogens with two attached hydrogens (primary N) is 4. The van der Waals surface area contributed by atoms with E-state index >= 15 is 0 Å². The molecule has 23 nitrogen and oxygen atoms in total. The van der Waals surface area contributed by atoms with Gasteiger partial charge < -0.3 is 69.7 Å². The molecule has 0 saturated carbocycles. The average molecular weight is 863 g/mol. The maximum atomic E-state index is 13.9. The fraction of sp³-hybridized carbons (Fsp3) is 0.579. The third-order valence-corrected chi connectivity index (χ3v) is 9.71. The molecule has 1 fully saturated rings. The molecule has 8 amide bonds. The lowest BCUT2D eigenvalue weighted by atomic mass is 10.0. The zero-order chi connectivity index (χ0) is 45.8. The van der Waals surface area contributed by atoms with Gasteiger partial charge in [0.05, 0.1) is 18.6 Å². The maximum Gasteiger partial charge on any atom is 0.326 e. The third-order valence-electron chi connectivity index (χ3n) is 9.71. The van der Waals surface area contributed by atoms with Crippen LogP contribution in [0.15, 0.2) is 30.3 Å². The molecule has 0 aromatic heterocycles.